The van der Waals surface area contributed by atoms with Gasteiger partial charge in [0.15, 0.2) is 0 Å². The first-order valence-corrected chi connectivity index (χ1v) is 8.53. The van der Waals surface area contributed by atoms with Gasteiger partial charge in [0.25, 0.3) is 5.69 Å². The molecular formula is C15H16N4O5S. The standard InChI is InChI=1S/C15H16N4O5S/c1-10(11-3-5-12(24-2)6-4-11)17-18-14-8-7-13(25(16,22)23)9-15(14)19(20)21/h3-9,18H,1-2H3,(H2,16,22,23). The lowest BCUT2D eigenvalue weighted by Crippen LogP contribution is -2.12. The molecule has 132 valence electrons. The Kier molecular flexibility index (Phi) is 5.35. The summed E-state index contributed by atoms with van der Waals surface area (Å²) in [5.74, 6) is 0.693. The third kappa shape index (κ3) is 4.52. The first-order valence-electron chi connectivity index (χ1n) is 6.98. The molecule has 25 heavy (non-hydrogen) atoms. The summed E-state index contributed by atoms with van der Waals surface area (Å²) in [6.45, 7) is 1.72. The molecule has 2 rings (SSSR count). The van der Waals surface area contributed by atoms with Crippen LogP contribution in [0.2, 0.25) is 0 Å². The van der Waals surface area contributed by atoms with Crippen LogP contribution in [-0.4, -0.2) is 26.2 Å². The van der Waals surface area contributed by atoms with Gasteiger partial charge in [-0.25, -0.2) is 13.6 Å². The van der Waals surface area contributed by atoms with Crippen LogP contribution in [0.4, 0.5) is 11.4 Å². The van der Waals surface area contributed by atoms with Gasteiger partial charge >= 0.3 is 0 Å². The highest BCUT2D eigenvalue weighted by Crippen LogP contribution is 2.27. The molecule has 0 fully saturated rings. The maximum absolute atomic E-state index is 11.3. The molecule has 0 saturated carbocycles. The van der Waals surface area contributed by atoms with Crippen LogP contribution in [0.25, 0.3) is 0 Å². The van der Waals surface area contributed by atoms with Gasteiger partial charge in [-0.15, -0.1) is 0 Å². The third-order valence-electron chi connectivity index (χ3n) is 3.35. The van der Waals surface area contributed by atoms with Crippen LogP contribution in [0.1, 0.15) is 12.5 Å². The van der Waals surface area contributed by atoms with Gasteiger partial charge in [0.05, 0.1) is 22.6 Å². The van der Waals surface area contributed by atoms with E-state index in [4.69, 9.17) is 9.88 Å². The second kappa shape index (κ2) is 7.28. The fourth-order valence-corrected chi connectivity index (χ4v) is 2.51. The molecule has 0 bridgehead atoms. The maximum atomic E-state index is 11.3. The number of nitro groups is 1. The molecule has 0 unspecified atom stereocenters. The summed E-state index contributed by atoms with van der Waals surface area (Å²) in [6.07, 6.45) is 0. The summed E-state index contributed by atoms with van der Waals surface area (Å²) >= 11 is 0. The number of benzene rings is 2. The van der Waals surface area contributed by atoms with E-state index < -0.39 is 20.6 Å². The van der Waals surface area contributed by atoms with Crippen molar-refractivity contribution in [3.63, 3.8) is 0 Å². The monoisotopic (exact) mass is 364 g/mol. The zero-order valence-electron chi connectivity index (χ0n) is 13.5. The highest BCUT2D eigenvalue weighted by atomic mass is 32.2. The maximum Gasteiger partial charge on any atom is 0.295 e. The van der Waals surface area contributed by atoms with E-state index >= 15 is 0 Å². The van der Waals surface area contributed by atoms with E-state index in [1.165, 1.54) is 12.1 Å². The minimum Gasteiger partial charge on any atom is -0.497 e. The van der Waals surface area contributed by atoms with E-state index in [1.807, 2.05) is 0 Å². The number of hydrogen-bond donors (Lipinski definition) is 2. The predicted octanol–water partition coefficient (Wildman–Crippen LogP) is 2.09. The summed E-state index contributed by atoms with van der Waals surface area (Å²) in [5, 5.41) is 20.2. The third-order valence-corrected chi connectivity index (χ3v) is 4.26. The second-order valence-electron chi connectivity index (χ2n) is 5.02. The number of hydrazone groups is 1. The Hall–Kier alpha value is -2.98. The zero-order valence-corrected chi connectivity index (χ0v) is 14.3. The molecule has 9 nitrogen and oxygen atoms in total. The zero-order chi connectivity index (χ0) is 18.6. The number of nitrogens with one attached hydrogen (secondary N) is 1. The van der Waals surface area contributed by atoms with Crippen molar-refractivity contribution in [2.24, 2.45) is 10.2 Å². The molecule has 2 aromatic rings. The molecule has 0 aliphatic heterocycles. The van der Waals surface area contributed by atoms with Crippen molar-refractivity contribution in [3.8, 4) is 5.75 Å². The van der Waals surface area contributed by atoms with Crippen LogP contribution in [0.5, 0.6) is 5.75 Å². The van der Waals surface area contributed by atoms with E-state index in [0.29, 0.717) is 11.5 Å². The molecular weight excluding hydrogens is 348 g/mol. The van der Waals surface area contributed by atoms with Gasteiger partial charge in [0.1, 0.15) is 11.4 Å². The van der Waals surface area contributed by atoms with E-state index in [2.05, 4.69) is 10.5 Å². The van der Waals surface area contributed by atoms with Gasteiger partial charge in [0.2, 0.25) is 10.0 Å². The molecule has 0 aromatic heterocycles. The number of ether oxygens (including phenoxy) is 1. The number of nitrogens with zero attached hydrogens (tertiary/aromatic N) is 2. The largest absolute Gasteiger partial charge is 0.497 e. The fraction of sp³-hybridized carbons (Fsp3) is 0.133. The molecule has 0 heterocycles. The van der Waals surface area contributed by atoms with Crippen molar-refractivity contribution < 1.29 is 18.1 Å². The number of methoxy groups -OCH3 is 1. The van der Waals surface area contributed by atoms with Crippen molar-refractivity contribution in [1.82, 2.24) is 0 Å². The first kappa shape index (κ1) is 18.4. The molecule has 3 N–H and O–H groups in total. The highest BCUT2D eigenvalue weighted by molar-refractivity contribution is 7.89. The molecule has 0 saturated heterocycles. The normalized spacial score (nSPS) is 11.9. The average molecular weight is 364 g/mol. The van der Waals surface area contributed by atoms with Crippen molar-refractivity contribution in [2.75, 3.05) is 12.5 Å². The molecule has 0 aliphatic carbocycles. The van der Waals surface area contributed by atoms with Gasteiger partial charge < -0.3 is 4.74 Å². The minimum atomic E-state index is -4.04. The first-order chi connectivity index (χ1) is 11.7. The topological polar surface area (TPSA) is 137 Å². The van der Waals surface area contributed by atoms with Crippen molar-refractivity contribution >= 4 is 27.1 Å². The summed E-state index contributed by atoms with van der Waals surface area (Å²) in [6, 6.07) is 10.4. The number of anilines is 1. The molecule has 0 radical (unpaired) electrons. The number of primary sulfonamides is 1. The lowest BCUT2D eigenvalue weighted by atomic mass is 10.1. The summed E-state index contributed by atoms with van der Waals surface area (Å²) < 4.78 is 27.7. The quantitative estimate of drug-likeness (QED) is 0.457. The van der Waals surface area contributed by atoms with Gasteiger partial charge in [-0.1, -0.05) is 0 Å². The van der Waals surface area contributed by atoms with Crippen molar-refractivity contribution in [3.05, 3.63) is 58.1 Å². The minimum absolute atomic E-state index is 0.0465. The van der Waals surface area contributed by atoms with Crippen LogP contribution in [0, 0.1) is 10.1 Å². The predicted molar refractivity (Wildman–Crippen MR) is 93.3 cm³/mol. The van der Waals surface area contributed by atoms with Crippen LogP contribution < -0.4 is 15.3 Å². The summed E-state index contributed by atoms with van der Waals surface area (Å²) in [7, 11) is -2.48. The Balaban J connectivity index is 2.30. The number of hydrogen-bond acceptors (Lipinski definition) is 7. The van der Waals surface area contributed by atoms with Crippen molar-refractivity contribution in [1.29, 1.82) is 0 Å². The van der Waals surface area contributed by atoms with Crippen LogP contribution in [0.3, 0.4) is 0 Å². The van der Waals surface area contributed by atoms with E-state index in [-0.39, 0.29) is 10.6 Å². The smallest absolute Gasteiger partial charge is 0.295 e. The number of nitro benzene ring substituents is 1. The summed E-state index contributed by atoms with van der Waals surface area (Å²) in [4.78, 5) is 10.1. The number of rotatable bonds is 6. The van der Waals surface area contributed by atoms with E-state index in [1.54, 1.807) is 38.3 Å². The lowest BCUT2D eigenvalue weighted by Gasteiger charge is -2.06. The molecule has 0 aliphatic rings. The molecule has 2 aromatic carbocycles. The van der Waals surface area contributed by atoms with E-state index in [0.717, 1.165) is 11.6 Å². The average Bonchev–Trinajstić information content (AvgIpc) is 2.58. The second-order valence-corrected chi connectivity index (χ2v) is 6.58. The van der Waals surface area contributed by atoms with Gasteiger partial charge in [0, 0.05) is 6.07 Å². The van der Waals surface area contributed by atoms with Crippen LogP contribution in [-0.2, 0) is 10.0 Å². The number of sulfonamides is 1. The molecule has 0 amide bonds. The van der Waals surface area contributed by atoms with Gasteiger partial charge in [-0.3, -0.25) is 15.5 Å². The van der Waals surface area contributed by atoms with Crippen molar-refractivity contribution in [2.45, 2.75) is 11.8 Å². The van der Waals surface area contributed by atoms with Gasteiger partial charge in [-0.2, -0.15) is 5.10 Å². The Morgan fingerprint density at radius 1 is 1.24 bits per heavy atom. The molecule has 10 heteroatoms. The Bertz CT molecular complexity index is 923. The summed E-state index contributed by atoms with van der Waals surface area (Å²) in [5.41, 5.74) is 3.54. The van der Waals surface area contributed by atoms with Crippen LogP contribution >= 0.6 is 0 Å². The number of nitrogens with two attached hydrogens (primary N) is 1. The fourth-order valence-electron chi connectivity index (χ4n) is 1.97. The Morgan fingerprint density at radius 2 is 1.88 bits per heavy atom. The Labute approximate surface area is 144 Å². The Morgan fingerprint density at radius 3 is 2.40 bits per heavy atom. The highest BCUT2D eigenvalue weighted by Gasteiger charge is 2.19. The lowest BCUT2D eigenvalue weighted by molar-refractivity contribution is -0.384. The molecule has 0 atom stereocenters. The van der Waals surface area contributed by atoms with Crippen LogP contribution in [0.15, 0.2) is 52.5 Å². The SMILES string of the molecule is COc1ccc(C(C)=NNc2ccc(S(N)(=O)=O)cc2[N+](=O)[O-])cc1. The van der Waals surface area contributed by atoms with E-state index in [9.17, 15) is 18.5 Å². The molecule has 0 spiro atoms. The van der Waals surface area contributed by atoms with Gasteiger partial charge in [-0.05, 0) is 48.9 Å².